The summed E-state index contributed by atoms with van der Waals surface area (Å²) in [6.45, 7) is 18.4. The van der Waals surface area contributed by atoms with E-state index in [9.17, 15) is 0 Å². The molecule has 0 saturated heterocycles. The third-order valence-electron chi connectivity index (χ3n) is 13.6. The highest BCUT2D eigenvalue weighted by Gasteiger charge is 2.36. The molecule has 0 atom stereocenters. The van der Waals surface area contributed by atoms with Gasteiger partial charge >= 0.3 is 0 Å². The topological polar surface area (TPSA) is 3.24 Å². The van der Waals surface area contributed by atoms with Crippen molar-refractivity contribution in [1.29, 1.82) is 0 Å². The lowest BCUT2D eigenvalue weighted by atomic mass is 9.82. The van der Waals surface area contributed by atoms with Crippen molar-refractivity contribution in [2.24, 2.45) is 0 Å². The molecule has 1 nitrogen and oxygen atoms in total. The molecule has 0 aliphatic heterocycles. The van der Waals surface area contributed by atoms with Crippen LogP contribution in [0, 0.1) is 0 Å². The first-order chi connectivity index (χ1) is 30.8. The molecule has 0 unspecified atom stereocenters. The maximum Gasteiger partial charge on any atom is 0.0546 e. The Morgan fingerprint density at radius 3 is 1.53 bits per heavy atom. The van der Waals surface area contributed by atoms with Crippen LogP contribution in [0.2, 0.25) is 0 Å². The van der Waals surface area contributed by atoms with Gasteiger partial charge < -0.3 is 4.90 Å². The molecule has 0 spiro atoms. The van der Waals surface area contributed by atoms with Gasteiger partial charge in [0, 0.05) is 22.2 Å². The first-order valence-electron chi connectivity index (χ1n) is 22.8. The van der Waals surface area contributed by atoms with Crippen LogP contribution >= 0.6 is 0 Å². The predicted octanol–water partition coefficient (Wildman–Crippen LogP) is 17.9. The third kappa shape index (κ3) is 7.33. The summed E-state index contributed by atoms with van der Waals surface area (Å²) in [6, 6.07) is 75.0. The molecule has 0 aromatic heterocycles. The van der Waals surface area contributed by atoms with Crippen LogP contribution in [0.25, 0.3) is 66.4 Å². The largest absolute Gasteiger partial charge is 0.309 e. The fraction of sp³-hybridized carbons (Fsp3) is 0.175. The second-order valence-corrected chi connectivity index (χ2v) is 20.2. The molecule has 0 radical (unpaired) electrons. The van der Waals surface area contributed by atoms with Gasteiger partial charge in [0.05, 0.1) is 11.4 Å². The van der Waals surface area contributed by atoms with Crippen LogP contribution in [0.3, 0.4) is 0 Å². The zero-order valence-corrected chi connectivity index (χ0v) is 38.5. The van der Waals surface area contributed by atoms with Gasteiger partial charge in [-0.1, -0.05) is 225 Å². The summed E-state index contributed by atoms with van der Waals surface area (Å²) >= 11 is 0. The molecule has 1 heteroatoms. The Hall–Kier alpha value is -6.96. The molecule has 0 N–H and O–H groups in total. The average Bonchev–Trinajstić information content (AvgIpc) is 3.54. The molecule has 9 aromatic carbocycles. The van der Waals surface area contributed by atoms with E-state index >= 15 is 0 Å². The highest BCUT2D eigenvalue weighted by atomic mass is 15.1. The lowest BCUT2D eigenvalue weighted by Crippen LogP contribution is -2.16. The Bertz CT molecular complexity index is 3150. The van der Waals surface area contributed by atoms with E-state index in [1.54, 1.807) is 0 Å². The Morgan fingerprint density at radius 2 is 0.875 bits per heavy atom. The van der Waals surface area contributed by atoms with Gasteiger partial charge in [-0.25, -0.2) is 0 Å². The van der Waals surface area contributed by atoms with E-state index < -0.39 is 0 Å². The molecule has 0 bridgehead atoms. The van der Waals surface area contributed by atoms with Crippen molar-refractivity contribution in [2.75, 3.05) is 4.90 Å². The minimum absolute atomic E-state index is 0.0826. The van der Waals surface area contributed by atoms with Crippen molar-refractivity contribution in [3.63, 3.8) is 0 Å². The Kier molecular flexibility index (Phi) is 10.1. The molecule has 0 heterocycles. The maximum atomic E-state index is 2.53. The summed E-state index contributed by atoms with van der Waals surface area (Å²) < 4.78 is 0. The van der Waals surface area contributed by atoms with Gasteiger partial charge in [-0.3, -0.25) is 0 Å². The summed E-state index contributed by atoms with van der Waals surface area (Å²) in [5.74, 6) is 0. The van der Waals surface area contributed by atoms with E-state index in [1.807, 2.05) is 0 Å². The van der Waals surface area contributed by atoms with Gasteiger partial charge in [-0.05, 0) is 119 Å². The molecule has 0 fully saturated rings. The molecule has 64 heavy (non-hydrogen) atoms. The van der Waals surface area contributed by atoms with Crippen LogP contribution in [-0.4, -0.2) is 0 Å². The number of anilines is 3. The van der Waals surface area contributed by atoms with Crippen LogP contribution in [0.4, 0.5) is 17.1 Å². The van der Waals surface area contributed by atoms with Crippen LogP contribution in [0.1, 0.15) is 77.6 Å². The van der Waals surface area contributed by atoms with Crippen molar-refractivity contribution in [3.8, 4) is 55.6 Å². The first kappa shape index (κ1) is 41.1. The van der Waals surface area contributed by atoms with Crippen LogP contribution < -0.4 is 4.90 Å². The summed E-state index contributed by atoms with van der Waals surface area (Å²) in [4.78, 5) is 2.53. The lowest BCUT2D eigenvalue weighted by molar-refractivity contribution is 0.590. The molecular weight excluding hydrogens is 771 g/mol. The Labute approximate surface area is 380 Å². The summed E-state index contributed by atoms with van der Waals surface area (Å²) in [6.07, 6.45) is 0. The number of nitrogens with zero attached hydrogens (tertiary/aromatic N) is 1. The van der Waals surface area contributed by atoms with E-state index in [1.165, 1.54) is 88.7 Å². The fourth-order valence-electron chi connectivity index (χ4n) is 9.92. The lowest BCUT2D eigenvalue weighted by Gasteiger charge is -2.32. The van der Waals surface area contributed by atoms with Gasteiger partial charge in [-0.2, -0.15) is 0 Å². The normalized spacial score (nSPS) is 13.1. The minimum atomic E-state index is -0.0996. The van der Waals surface area contributed by atoms with E-state index in [0.717, 1.165) is 17.1 Å². The highest BCUT2D eigenvalue weighted by Crippen LogP contribution is 2.53. The number of hydrogen-bond acceptors (Lipinski definition) is 1. The Balaban J connectivity index is 1.21. The van der Waals surface area contributed by atoms with E-state index in [0.29, 0.717) is 0 Å². The molecule has 0 saturated carbocycles. The summed E-state index contributed by atoms with van der Waals surface area (Å²) in [7, 11) is 0. The van der Waals surface area contributed by atoms with Crippen molar-refractivity contribution < 1.29 is 0 Å². The van der Waals surface area contributed by atoms with E-state index in [2.05, 4.69) is 260 Å². The molecule has 9 aromatic rings. The molecular formula is C63H57N. The quantitative estimate of drug-likeness (QED) is 0.155. The smallest absolute Gasteiger partial charge is 0.0546 e. The van der Waals surface area contributed by atoms with Gasteiger partial charge in [0.15, 0.2) is 0 Å². The fourth-order valence-corrected chi connectivity index (χ4v) is 9.92. The predicted molar refractivity (Wildman–Crippen MR) is 275 cm³/mol. The second kappa shape index (κ2) is 15.7. The van der Waals surface area contributed by atoms with Gasteiger partial charge in [0.2, 0.25) is 0 Å². The van der Waals surface area contributed by atoms with Crippen molar-refractivity contribution in [1.82, 2.24) is 0 Å². The van der Waals surface area contributed by atoms with Gasteiger partial charge in [0.25, 0.3) is 0 Å². The zero-order chi connectivity index (χ0) is 44.4. The highest BCUT2D eigenvalue weighted by molar-refractivity contribution is 6.07. The SMILES string of the molecule is CC(C)(C)c1ccc(-c2ccc(-c3c(N(c4ccc5c(c4)-c4ccccc4C5(C)C)c4ccc(-c5ccc(C(C)(C)C)cc5)cc4-c4ccccc4)ccc4ccccc34)cc2)cc1. The first-order valence-corrected chi connectivity index (χ1v) is 22.8. The minimum Gasteiger partial charge on any atom is -0.309 e. The zero-order valence-electron chi connectivity index (χ0n) is 38.5. The molecule has 0 amide bonds. The molecule has 314 valence electrons. The number of rotatable bonds is 7. The van der Waals surface area contributed by atoms with Gasteiger partial charge in [-0.15, -0.1) is 0 Å². The van der Waals surface area contributed by atoms with Crippen molar-refractivity contribution in [3.05, 3.63) is 222 Å². The van der Waals surface area contributed by atoms with Crippen molar-refractivity contribution in [2.45, 2.75) is 71.6 Å². The van der Waals surface area contributed by atoms with Gasteiger partial charge in [0.1, 0.15) is 0 Å². The molecule has 1 aliphatic carbocycles. The van der Waals surface area contributed by atoms with Crippen molar-refractivity contribution >= 4 is 27.8 Å². The Morgan fingerprint density at radius 1 is 0.359 bits per heavy atom. The standard InChI is InChI=1S/C63H57N/c1-61(2,3)49-32-26-43(27-33-49)42-22-24-47(25-23-42)60-52-19-13-12-18-46(52)30-39-59(60)64(51-36-37-57-55(41-51)53-20-14-15-21-56(53)63(57,7)8)58-38-31-48(40-54(58)45-16-10-9-11-17-45)44-28-34-50(35-29-44)62(4,5)6/h9-41H,1-8H3. The summed E-state index contributed by atoms with van der Waals surface area (Å²) in [5, 5.41) is 2.43. The van der Waals surface area contributed by atoms with Crippen LogP contribution in [-0.2, 0) is 16.2 Å². The third-order valence-corrected chi connectivity index (χ3v) is 13.6. The molecule has 10 rings (SSSR count). The number of hydrogen-bond donors (Lipinski definition) is 0. The molecule has 1 aliphatic rings. The second-order valence-electron chi connectivity index (χ2n) is 20.2. The van der Waals surface area contributed by atoms with Crippen LogP contribution in [0.15, 0.2) is 200 Å². The number of benzene rings is 9. The number of fused-ring (bicyclic) bond motifs is 4. The summed E-state index contributed by atoms with van der Waals surface area (Å²) in [5.41, 5.74) is 21.0. The van der Waals surface area contributed by atoms with E-state index in [-0.39, 0.29) is 16.2 Å². The monoisotopic (exact) mass is 827 g/mol. The maximum absolute atomic E-state index is 2.53. The van der Waals surface area contributed by atoms with Crippen LogP contribution in [0.5, 0.6) is 0 Å². The average molecular weight is 828 g/mol. The van der Waals surface area contributed by atoms with E-state index in [4.69, 9.17) is 0 Å².